The minimum Gasteiger partial charge on any atom is -0.480 e. The number of benzene rings is 1. The van der Waals surface area contributed by atoms with Crippen LogP contribution in [0.2, 0.25) is 0 Å². The van der Waals surface area contributed by atoms with Gasteiger partial charge < -0.3 is 14.7 Å². The number of rotatable bonds is 9. The second kappa shape index (κ2) is 10.1. The van der Waals surface area contributed by atoms with Crippen molar-refractivity contribution in [1.82, 2.24) is 15.1 Å². The molecule has 1 fully saturated rings. The molecule has 1 aliphatic rings. The Hall–Kier alpha value is -3.01. The van der Waals surface area contributed by atoms with Crippen molar-refractivity contribution in [2.24, 2.45) is 0 Å². The van der Waals surface area contributed by atoms with Gasteiger partial charge in [-0.1, -0.05) is 12.1 Å². The van der Waals surface area contributed by atoms with E-state index in [9.17, 15) is 28.7 Å². The van der Waals surface area contributed by atoms with E-state index < -0.39 is 42.0 Å². The van der Waals surface area contributed by atoms with Crippen LogP contribution in [-0.4, -0.2) is 77.1 Å². The molecule has 3 amide bonds. The van der Waals surface area contributed by atoms with Gasteiger partial charge in [0.25, 0.3) is 0 Å². The van der Waals surface area contributed by atoms with Crippen molar-refractivity contribution < 1.29 is 33.4 Å². The predicted octanol–water partition coefficient (Wildman–Crippen LogP) is 1.02. The summed E-state index contributed by atoms with van der Waals surface area (Å²) < 4.78 is 18.1. The number of hydrogen-bond donors (Lipinski definition) is 2. The molecule has 0 bridgehead atoms. The van der Waals surface area contributed by atoms with Gasteiger partial charge in [0.2, 0.25) is 5.91 Å². The molecule has 0 aromatic heterocycles. The van der Waals surface area contributed by atoms with Gasteiger partial charge in [-0.05, 0) is 44.4 Å². The number of nitrogens with zero attached hydrogens (tertiary/aromatic N) is 2. The van der Waals surface area contributed by atoms with E-state index in [1.165, 1.54) is 26.1 Å². The quantitative estimate of drug-likeness (QED) is 0.570. The van der Waals surface area contributed by atoms with Crippen molar-refractivity contribution in [3.05, 3.63) is 35.6 Å². The minimum atomic E-state index is -1.29. The van der Waals surface area contributed by atoms with E-state index in [1.54, 1.807) is 19.1 Å². The lowest BCUT2D eigenvalue weighted by molar-refractivity contribution is -0.148. The third kappa shape index (κ3) is 5.53. The highest BCUT2D eigenvalue weighted by molar-refractivity contribution is 6.02. The van der Waals surface area contributed by atoms with E-state index in [0.717, 1.165) is 10.5 Å². The molecule has 1 heterocycles. The van der Waals surface area contributed by atoms with Crippen LogP contribution >= 0.6 is 0 Å². The average molecular weight is 423 g/mol. The molecule has 10 heteroatoms. The van der Waals surface area contributed by atoms with Crippen LogP contribution in [0.1, 0.15) is 25.8 Å². The van der Waals surface area contributed by atoms with Gasteiger partial charge in [0.05, 0.1) is 19.2 Å². The maximum atomic E-state index is 13.1. The van der Waals surface area contributed by atoms with Crippen LogP contribution in [0.25, 0.3) is 0 Å². The number of aryl methyl sites for hydroxylation is 1. The van der Waals surface area contributed by atoms with E-state index >= 15 is 0 Å². The summed E-state index contributed by atoms with van der Waals surface area (Å²) in [6.45, 7) is 3.14. The number of hydrogen-bond acceptors (Lipinski definition) is 6. The van der Waals surface area contributed by atoms with Crippen LogP contribution < -0.4 is 5.32 Å². The fourth-order valence-electron chi connectivity index (χ4n) is 3.23. The molecule has 30 heavy (non-hydrogen) atoms. The number of esters is 1. The molecular weight excluding hydrogens is 397 g/mol. The number of carbonyl (C=O) groups excluding carboxylic acids is 3. The van der Waals surface area contributed by atoms with E-state index in [0.29, 0.717) is 11.3 Å². The summed E-state index contributed by atoms with van der Waals surface area (Å²) in [7, 11) is 1.41. The van der Waals surface area contributed by atoms with Crippen LogP contribution in [0.15, 0.2) is 24.3 Å². The van der Waals surface area contributed by atoms with Crippen LogP contribution in [0, 0.1) is 5.82 Å². The maximum Gasteiger partial charge on any atom is 0.328 e. The minimum absolute atomic E-state index is 0.113. The van der Waals surface area contributed by atoms with Crippen molar-refractivity contribution in [2.75, 3.05) is 20.2 Å². The van der Waals surface area contributed by atoms with E-state index in [2.05, 4.69) is 5.32 Å². The lowest BCUT2D eigenvalue weighted by atomic mass is 10.0. The highest BCUT2D eigenvalue weighted by Crippen LogP contribution is 2.17. The number of imide groups is 1. The van der Waals surface area contributed by atoms with Gasteiger partial charge in [0.1, 0.15) is 11.9 Å². The number of amides is 3. The van der Waals surface area contributed by atoms with E-state index in [-0.39, 0.29) is 25.4 Å². The lowest BCUT2D eigenvalue weighted by Crippen LogP contribution is -2.54. The summed E-state index contributed by atoms with van der Waals surface area (Å²) in [6.07, 6.45) is 0.680. The monoisotopic (exact) mass is 423 g/mol. The number of urea groups is 1. The Bertz CT molecular complexity index is 800. The topological polar surface area (TPSA) is 116 Å². The summed E-state index contributed by atoms with van der Waals surface area (Å²) in [5.41, 5.74) is 0.800. The largest absolute Gasteiger partial charge is 0.480 e. The van der Waals surface area contributed by atoms with Crippen molar-refractivity contribution in [2.45, 2.75) is 44.8 Å². The van der Waals surface area contributed by atoms with Gasteiger partial charge in [-0.15, -0.1) is 0 Å². The number of halogens is 1. The Morgan fingerprint density at radius 3 is 2.50 bits per heavy atom. The Kier molecular flexibility index (Phi) is 7.87. The van der Waals surface area contributed by atoms with Gasteiger partial charge in [0.15, 0.2) is 6.04 Å². The molecular formula is C20H26FN3O6. The van der Waals surface area contributed by atoms with Crippen molar-refractivity contribution in [3.63, 3.8) is 0 Å². The van der Waals surface area contributed by atoms with Crippen LogP contribution in [0.3, 0.4) is 0 Å². The van der Waals surface area contributed by atoms with Crippen molar-refractivity contribution >= 4 is 23.9 Å². The van der Waals surface area contributed by atoms with Crippen LogP contribution in [-0.2, 0) is 25.5 Å². The molecule has 1 aromatic rings. The molecule has 3 atom stereocenters. The molecule has 164 valence electrons. The molecule has 3 unspecified atom stereocenters. The van der Waals surface area contributed by atoms with Gasteiger partial charge in [-0.25, -0.2) is 18.9 Å². The maximum absolute atomic E-state index is 13.1. The number of carboxylic acid groups (broad SMARTS) is 1. The average Bonchev–Trinajstić information content (AvgIpc) is 3.00. The molecule has 1 aliphatic heterocycles. The number of carbonyl (C=O) groups is 4. The standard InChI is InChI=1S/C20H26FN3O6/c1-4-30-19(28)15(10-7-13-5-8-14(21)9-6-13)22-12(2)17(25)24-16(18(26)27)11-23(3)20(24)29/h5-6,8-9,12,15-16,22H,4,7,10-11H2,1-3H3,(H,26,27). The van der Waals surface area contributed by atoms with Gasteiger partial charge in [0, 0.05) is 7.05 Å². The molecule has 9 nitrogen and oxygen atoms in total. The molecule has 0 saturated carbocycles. The van der Waals surface area contributed by atoms with E-state index in [1.807, 2.05) is 0 Å². The molecule has 2 N–H and O–H groups in total. The zero-order valence-corrected chi connectivity index (χ0v) is 17.1. The van der Waals surface area contributed by atoms with Crippen molar-refractivity contribution in [3.8, 4) is 0 Å². The first-order valence-corrected chi connectivity index (χ1v) is 9.63. The Labute approximate surface area is 173 Å². The highest BCUT2D eigenvalue weighted by atomic mass is 19.1. The second-order valence-electron chi connectivity index (χ2n) is 7.08. The summed E-state index contributed by atoms with van der Waals surface area (Å²) >= 11 is 0. The van der Waals surface area contributed by atoms with Crippen LogP contribution in [0.4, 0.5) is 9.18 Å². The molecule has 1 aromatic carbocycles. The predicted molar refractivity (Wildman–Crippen MR) is 104 cm³/mol. The zero-order valence-electron chi connectivity index (χ0n) is 17.1. The zero-order chi connectivity index (χ0) is 22.4. The first-order chi connectivity index (χ1) is 14.1. The fraction of sp³-hybridized carbons (Fsp3) is 0.500. The fourth-order valence-corrected chi connectivity index (χ4v) is 3.23. The second-order valence-corrected chi connectivity index (χ2v) is 7.08. The van der Waals surface area contributed by atoms with E-state index in [4.69, 9.17) is 4.74 Å². The Morgan fingerprint density at radius 1 is 1.30 bits per heavy atom. The number of likely N-dealkylation sites (N-methyl/N-ethyl adjacent to an activating group) is 1. The summed E-state index contributed by atoms with van der Waals surface area (Å²) in [4.78, 5) is 50.7. The molecule has 0 radical (unpaired) electrons. The molecule has 1 saturated heterocycles. The third-order valence-corrected chi connectivity index (χ3v) is 4.84. The molecule has 2 rings (SSSR count). The first kappa shape index (κ1) is 23.3. The lowest BCUT2D eigenvalue weighted by Gasteiger charge is -2.26. The van der Waals surface area contributed by atoms with Gasteiger partial charge in [-0.3, -0.25) is 14.9 Å². The van der Waals surface area contributed by atoms with Gasteiger partial charge >= 0.3 is 18.0 Å². The number of ether oxygens (including phenoxy) is 1. The van der Waals surface area contributed by atoms with Crippen LogP contribution in [0.5, 0.6) is 0 Å². The summed E-state index contributed by atoms with van der Waals surface area (Å²) in [5, 5.41) is 12.2. The number of aliphatic carboxylic acids is 1. The highest BCUT2D eigenvalue weighted by Gasteiger charge is 2.45. The first-order valence-electron chi connectivity index (χ1n) is 9.63. The third-order valence-electron chi connectivity index (χ3n) is 4.84. The Morgan fingerprint density at radius 2 is 1.93 bits per heavy atom. The molecule has 0 spiro atoms. The SMILES string of the molecule is CCOC(=O)C(CCc1ccc(F)cc1)NC(C)C(=O)N1C(=O)N(C)CC1C(=O)O. The van der Waals surface area contributed by atoms with Crippen molar-refractivity contribution in [1.29, 1.82) is 0 Å². The summed E-state index contributed by atoms with van der Waals surface area (Å²) in [5.74, 6) is -2.97. The normalized spacial score (nSPS) is 18.3. The molecule has 0 aliphatic carbocycles. The smallest absolute Gasteiger partial charge is 0.328 e. The summed E-state index contributed by atoms with van der Waals surface area (Å²) in [6, 6.07) is 1.95. The number of carboxylic acids is 1. The Balaban J connectivity index is 2.10. The van der Waals surface area contributed by atoms with Gasteiger partial charge in [-0.2, -0.15) is 0 Å². The number of nitrogens with one attached hydrogen (secondary N) is 1.